The second kappa shape index (κ2) is 10.00. The molecule has 0 aliphatic carbocycles. The molecule has 0 aliphatic rings. The number of anilines is 1. The van der Waals surface area contributed by atoms with E-state index in [4.69, 9.17) is 0 Å². The highest BCUT2D eigenvalue weighted by atomic mass is 15.1. The Morgan fingerprint density at radius 1 is 1.07 bits per heavy atom. The van der Waals surface area contributed by atoms with Crippen LogP contribution in [0.4, 0.5) is 5.69 Å². The second-order valence-corrected chi connectivity index (χ2v) is 8.10. The van der Waals surface area contributed by atoms with Crippen molar-refractivity contribution in [1.29, 1.82) is 0 Å². The van der Waals surface area contributed by atoms with Crippen molar-refractivity contribution in [3.05, 3.63) is 77.4 Å². The normalized spacial score (nSPS) is 11.5. The van der Waals surface area contributed by atoms with E-state index in [0.29, 0.717) is 0 Å². The van der Waals surface area contributed by atoms with Crippen LogP contribution in [0.5, 0.6) is 0 Å². The Hall–Kier alpha value is -2.50. The summed E-state index contributed by atoms with van der Waals surface area (Å²) in [5.74, 6) is 6.34. The molecule has 0 spiro atoms. The summed E-state index contributed by atoms with van der Waals surface area (Å²) in [4.78, 5) is 2.29. The highest BCUT2D eigenvalue weighted by Gasteiger charge is 2.03. The van der Waals surface area contributed by atoms with Crippen LogP contribution in [0.3, 0.4) is 0 Å². The number of aryl methyl sites for hydroxylation is 1. The molecule has 2 aromatic carbocycles. The summed E-state index contributed by atoms with van der Waals surface area (Å²) in [6.07, 6.45) is 4.08. The Kier molecular flexibility index (Phi) is 7.70. The molecule has 0 fully saturated rings. The maximum Gasteiger partial charge on any atom is 0.0403 e. The summed E-state index contributed by atoms with van der Waals surface area (Å²) in [5.41, 5.74) is 5.18. The lowest BCUT2D eigenvalue weighted by atomic mass is 9.98. The van der Waals surface area contributed by atoms with E-state index in [9.17, 15) is 0 Å². The van der Waals surface area contributed by atoms with Gasteiger partial charge in [0, 0.05) is 30.7 Å². The zero-order valence-corrected chi connectivity index (χ0v) is 17.3. The van der Waals surface area contributed by atoms with Gasteiger partial charge in [-0.2, -0.15) is 0 Å². The van der Waals surface area contributed by atoms with Gasteiger partial charge < -0.3 is 5.32 Å². The molecule has 142 valence electrons. The van der Waals surface area contributed by atoms with Crippen molar-refractivity contribution < 1.29 is 0 Å². The summed E-state index contributed by atoms with van der Waals surface area (Å²) >= 11 is 0. The fourth-order valence-corrected chi connectivity index (χ4v) is 2.71. The quantitative estimate of drug-likeness (QED) is 0.642. The minimum atomic E-state index is 0.0575. The van der Waals surface area contributed by atoms with Gasteiger partial charge in [-0.05, 0) is 69.6 Å². The smallest absolute Gasteiger partial charge is 0.0403 e. The largest absolute Gasteiger partial charge is 0.381 e. The summed E-state index contributed by atoms with van der Waals surface area (Å²) in [6, 6.07) is 17.2. The van der Waals surface area contributed by atoms with Gasteiger partial charge in [-0.15, -0.1) is 0 Å². The topological polar surface area (TPSA) is 15.3 Å². The van der Waals surface area contributed by atoms with Crippen LogP contribution in [0.15, 0.2) is 60.7 Å². The van der Waals surface area contributed by atoms with Crippen molar-refractivity contribution in [2.45, 2.75) is 40.8 Å². The summed E-state index contributed by atoms with van der Waals surface area (Å²) in [7, 11) is 2.13. The highest BCUT2D eigenvalue weighted by molar-refractivity contribution is 5.46. The lowest BCUT2D eigenvalue weighted by Crippen LogP contribution is -2.17. The van der Waals surface area contributed by atoms with Crippen LogP contribution in [0.2, 0.25) is 0 Å². The van der Waals surface area contributed by atoms with Crippen LogP contribution in [0, 0.1) is 24.2 Å². The molecule has 0 amide bonds. The minimum Gasteiger partial charge on any atom is -0.381 e. The average molecular weight is 361 g/mol. The van der Waals surface area contributed by atoms with Gasteiger partial charge in [-0.25, -0.2) is 0 Å². The Bertz CT molecular complexity index is 816. The number of benzene rings is 2. The average Bonchev–Trinajstić information content (AvgIpc) is 2.60. The predicted molar refractivity (Wildman–Crippen MR) is 118 cm³/mol. The third-order valence-corrected chi connectivity index (χ3v) is 4.19. The van der Waals surface area contributed by atoms with Crippen LogP contribution >= 0.6 is 0 Å². The predicted octanol–water partition coefficient (Wildman–Crippen LogP) is 5.64. The van der Waals surface area contributed by atoms with Crippen LogP contribution in [0.1, 0.15) is 37.5 Å². The molecule has 2 rings (SSSR count). The first-order valence-electron chi connectivity index (χ1n) is 9.57. The maximum absolute atomic E-state index is 3.54. The minimum absolute atomic E-state index is 0.0575. The number of likely N-dealkylation sites (N-methyl/N-ethyl adjacent to an activating group) is 1. The van der Waals surface area contributed by atoms with Gasteiger partial charge in [0.1, 0.15) is 0 Å². The van der Waals surface area contributed by atoms with E-state index >= 15 is 0 Å². The highest BCUT2D eigenvalue weighted by Crippen LogP contribution is 2.15. The lowest BCUT2D eigenvalue weighted by Gasteiger charge is -2.15. The molecule has 0 bridgehead atoms. The number of hydrogen-bond acceptors (Lipinski definition) is 2. The van der Waals surface area contributed by atoms with E-state index in [-0.39, 0.29) is 5.41 Å². The molecule has 0 heterocycles. The van der Waals surface area contributed by atoms with Crippen LogP contribution in [0.25, 0.3) is 0 Å². The van der Waals surface area contributed by atoms with E-state index < -0.39 is 0 Å². The molecular formula is C25H32N2. The molecule has 1 N–H and O–H groups in total. The molecule has 27 heavy (non-hydrogen) atoms. The third-order valence-electron chi connectivity index (χ3n) is 4.19. The monoisotopic (exact) mass is 360 g/mol. The summed E-state index contributed by atoms with van der Waals surface area (Å²) in [5, 5.41) is 3.54. The van der Waals surface area contributed by atoms with E-state index in [1.54, 1.807) is 0 Å². The summed E-state index contributed by atoms with van der Waals surface area (Å²) < 4.78 is 0. The fraction of sp³-hybridized carbons (Fsp3) is 0.360. The zero-order chi connectivity index (χ0) is 19.7. The van der Waals surface area contributed by atoms with Crippen LogP contribution < -0.4 is 5.32 Å². The van der Waals surface area contributed by atoms with Crippen molar-refractivity contribution in [3.8, 4) is 11.8 Å². The number of nitrogens with zero attached hydrogens (tertiary/aromatic N) is 1. The number of allylic oxidation sites excluding steroid dienone is 1. The molecule has 0 radical (unpaired) electrons. The van der Waals surface area contributed by atoms with Crippen molar-refractivity contribution in [2.24, 2.45) is 5.41 Å². The molecule has 0 saturated heterocycles. The van der Waals surface area contributed by atoms with Gasteiger partial charge >= 0.3 is 0 Å². The van der Waals surface area contributed by atoms with Gasteiger partial charge in [0.25, 0.3) is 0 Å². The van der Waals surface area contributed by atoms with E-state index in [1.807, 2.05) is 6.08 Å². The molecule has 2 aromatic rings. The Morgan fingerprint density at radius 2 is 1.85 bits per heavy atom. The first-order chi connectivity index (χ1) is 12.8. The first-order valence-corrected chi connectivity index (χ1v) is 9.57. The molecular weight excluding hydrogens is 328 g/mol. The third kappa shape index (κ3) is 8.15. The van der Waals surface area contributed by atoms with Crippen molar-refractivity contribution in [2.75, 3.05) is 18.9 Å². The zero-order valence-electron chi connectivity index (χ0n) is 17.3. The van der Waals surface area contributed by atoms with E-state index in [2.05, 4.69) is 111 Å². The van der Waals surface area contributed by atoms with Crippen molar-refractivity contribution in [3.63, 3.8) is 0 Å². The van der Waals surface area contributed by atoms with E-state index in [0.717, 1.165) is 25.3 Å². The molecule has 0 saturated carbocycles. The molecule has 2 nitrogen and oxygen atoms in total. The SMILES string of the molecule is Cc1ccccc1CNc1cccc(CN(C)C/C=C/C#CC(C)(C)C)c1. The van der Waals surface area contributed by atoms with Gasteiger partial charge in [0.2, 0.25) is 0 Å². The number of rotatable bonds is 7. The molecule has 0 aliphatic heterocycles. The Balaban J connectivity index is 1.86. The van der Waals surface area contributed by atoms with Gasteiger partial charge in [-0.1, -0.05) is 54.3 Å². The Labute approximate surface area is 165 Å². The molecule has 0 unspecified atom stereocenters. The van der Waals surface area contributed by atoms with Gasteiger partial charge in [0.05, 0.1) is 0 Å². The first kappa shape index (κ1) is 20.8. The number of nitrogens with one attached hydrogen (secondary N) is 1. The van der Waals surface area contributed by atoms with Crippen LogP contribution in [-0.2, 0) is 13.1 Å². The fourth-order valence-electron chi connectivity index (χ4n) is 2.71. The van der Waals surface area contributed by atoms with E-state index in [1.165, 1.54) is 16.7 Å². The maximum atomic E-state index is 3.54. The van der Waals surface area contributed by atoms with Gasteiger partial charge in [0.15, 0.2) is 0 Å². The van der Waals surface area contributed by atoms with Crippen LogP contribution in [-0.4, -0.2) is 18.5 Å². The molecule has 0 atom stereocenters. The van der Waals surface area contributed by atoms with Crippen molar-refractivity contribution in [1.82, 2.24) is 4.90 Å². The Morgan fingerprint density at radius 3 is 2.59 bits per heavy atom. The number of hydrogen-bond donors (Lipinski definition) is 1. The molecule has 0 aromatic heterocycles. The van der Waals surface area contributed by atoms with Crippen molar-refractivity contribution >= 4 is 5.69 Å². The second-order valence-electron chi connectivity index (χ2n) is 8.10. The lowest BCUT2D eigenvalue weighted by molar-refractivity contribution is 0.363. The van der Waals surface area contributed by atoms with Gasteiger partial charge in [-0.3, -0.25) is 4.90 Å². The summed E-state index contributed by atoms with van der Waals surface area (Å²) in [6.45, 7) is 11.2. The standard InChI is InChI=1S/C25H32N2/c1-21-12-7-8-14-23(21)19-26-24-15-11-13-22(18-24)20-27(5)17-10-6-9-16-25(2,3)4/h6-8,10-15,18,26H,17,19-20H2,1-5H3/b10-6+. The molecule has 2 heteroatoms.